The molecule has 1 aliphatic heterocycles. The van der Waals surface area contributed by atoms with E-state index in [2.05, 4.69) is 64.8 Å². The third kappa shape index (κ3) is 4.25. The molecule has 1 saturated heterocycles. The Bertz CT molecular complexity index is 649. The van der Waals surface area contributed by atoms with Crippen LogP contribution in [-0.2, 0) is 13.1 Å². The molecule has 0 radical (unpaired) electrons. The number of rotatable bonds is 6. The first-order chi connectivity index (χ1) is 11.7. The number of likely N-dealkylation sites (tertiary alicyclic amines) is 1. The topological polar surface area (TPSA) is 33.1 Å². The zero-order valence-corrected chi connectivity index (χ0v) is 15.2. The minimum atomic E-state index is 0.632. The molecule has 1 N–H and O–H groups in total. The number of piperidine rings is 1. The highest BCUT2D eigenvalue weighted by Crippen LogP contribution is 2.17. The lowest BCUT2D eigenvalue weighted by Crippen LogP contribution is -2.47. The van der Waals surface area contributed by atoms with Crippen LogP contribution >= 0.6 is 0 Å². The average molecular weight is 326 g/mol. The summed E-state index contributed by atoms with van der Waals surface area (Å²) in [6.45, 7) is 12.1. The average Bonchev–Trinajstić information content (AvgIpc) is 2.99. The first kappa shape index (κ1) is 17.2. The predicted molar refractivity (Wildman–Crippen MR) is 99.0 cm³/mol. The Labute approximate surface area is 145 Å². The van der Waals surface area contributed by atoms with Crippen molar-refractivity contribution in [2.24, 2.45) is 5.92 Å². The summed E-state index contributed by atoms with van der Waals surface area (Å²) >= 11 is 0. The lowest BCUT2D eigenvalue weighted by molar-refractivity contribution is 0.153. The normalized spacial score (nSPS) is 22.0. The van der Waals surface area contributed by atoms with Crippen LogP contribution in [0.25, 0.3) is 0 Å². The monoisotopic (exact) mass is 326 g/mol. The Balaban J connectivity index is 1.56. The SMILES string of the molecule is CCN1CC[C@H](NCc2cccc(Cn3ccnc3C)c2)[C@@H](C)C1. The molecular formula is C20H30N4. The molecule has 4 nitrogen and oxygen atoms in total. The van der Waals surface area contributed by atoms with E-state index in [0.29, 0.717) is 6.04 Å². The minimum Gasteiger partial charge on any atom is -0.331 e. The second kappa shape index (κ2) is 7.95. The predicted octanol–water partition coefficient (Wildman–Crippen LogP) is 3.06. The second-order valence-corrected chi connectivity index (χ2v) is 7.07. The van der Waals surface area contributed by atoms with Gasteiger partial charge in [0, 0.05) is 38.1 Å². The first-order valence-electron chi connectivity index (χ1n) is 9.17. The molecule has 0 unspecified atom stereocenters. The number of imidazole rings is 1. The third-order valence-electron chi connectivity index (χ3n) is 5.27. The van der Waals surface area contributed by atoms with Crippen LogP contribution in [0.5, 0.6) is 0 Å². The fourth-order valence-electron chi connectivity index (χ4n) is 3.68. The molecule has 24 heavy (non-hydrogen) atoms. The maximum absolute atomic E-state index is 4.30. The van der Waals surface area contributed by atoms with Gasteiger partial charge in [0.05, 0.1) is 0 Å². The standard InChI is InChI=1S/C20H30N4/c1-4-23-10-8-20(16(2)14-23)22-13-18-6-5-7-19(12-18)15-24-11-9-21-17(24)3/h5-7,9,11-12,16,20,22H,4,8,10,13-15H2,1-3H3/t16-,20-/m0/s1. The van der Waals surface area contributed by atoms with Gasteiger partial charge in [-0.3, -0.25) is 0 Å². The zero-order chi connectivity index (χ0) is 16.9. The Kier molecular flexibility index (Phi) is 5.69. The molecule has 0 amide bonds. The van der Waals surface area contributed by atoms with Crippen molar-refractivity contribution >= 4 is 0 Å². The number of hydrogen-bond acceptors (Lipinski definition) is 3. The smallest absolute Gasteiger partial charge is 0.105 e. The van der Waals surface area contributed by atoms with Gasteiger partial charge in [-0.05, 0) is 43.5 Å². The summed E-state index contributed by atoms with van der Waals surface area (Å²) < 4.78 is 2.19. The lowest BCUT2D eigenvalue weighted by atomic mass is 9.93. The van der Waals surface area contributed by atoms with Crippen LogP contribution in [0.3, 0.4) is 0 Å². The summed E-state index contributed by atoms with van der Waals surface area (Å²) in [7, 11) is 0. The van der Waals surface area contributed by atoms with Crippen molar-refractivity contribution in [1.29, 1.82) is 0 Å². The van der Waals surface area contributed by atoms with Crippen LogP contribution < -0.4 is 5.32 Å². The highest BCUT2D eigenvalue weighted by atomic mass is 15.1. The van der Waals surface area contributed by atoms with Gasteiger partial charge in [-0.15, -0.1) is 0 Å². The van der Waals surface area contributed by atoms with E-state index < -0.39 is 0 Å². The Morgan fingerprint density at radius 2 is 2.12 bits per heavy atom. The Morgan fingerprint density at radius 1 is 1.29 bits per heavy atom. The minimum absolute atomic E-state index is 0.632. The number of hydrogen-bond donors (Lipinski definition) is 1. The van der Waals surface area contributed by atoms with Crippen molar-refractivity contribution < 1.29 is 0 Å². The van der Waals surface area contributed by atoms with Gasteiger partial charge in [0.2, 0.25) is 0 Å². The van der Waals surface area contributed by atoms with Crippen molar-refractivity contribution in [3.63, 3.8) is 0 Å². The number of aryl methyl sites for hydroxylation is 1. The Hall–Kier alpha value is -1.65. The van der Waals surface area contributed by atoms with Crippen molar-refractivity contribution in [3.8, 4) is 0 Å². The number of nitrogens with zero attached hydrogens (tertiary/aromatic N) is 3. The second-order valence-electron chi connectivity index (χ2n) is 7.07. The summed E-state index contributed by atoms with van der Waals surface area (Å²) in [6, 6.07) is 9.54. The van der Waals surface area contributed by atoms with E-state index in [-0.39, 0.29) is 0 Å². The van der Waals surface area contributed by atoms with Crippen molar-refractivity contribution in [1.82, 2.24) is 19.8 Å². The molecule has 4 heteroatoms. The molecule has 0 aliphatic carbocycles. The fraction of sp³-hybridized carbons (Fsp3) is 0.550. The number of nitrogens with one attached hydrogen (secondary N) is 1. The molecule has 1 aromatic heterocycles. The van der Waals surface area contributed by atoms with E-state index in [9.17, 15) is 0 Å². The number of aromatic nitrogens is 2. The maximum Gasteiger partial charge on any atom is 0.105 e. The van der Waals surface area contributed by atoms with Crippen molar-refractivity contribution in [2.75, 3.05) is 19.6 Å². The molecular weight excluding hydrogens is 296 g/mol. The van der Waals surface area contributed by atoms with Crippen molar-refractivity contribution in [2.45, 2.75) is 46.3 Å². The van der Waals surface area contributed by atoms with E-state index >= 15 is 0 Å². The van der Waals surface area contributed by atoms with Gasteiger partial charge < -0.3 is 14.8 Å². The van der Waals surface area contributed by atoms with Crippen LogP contribution in [0.4, 0.5) is 0 Å². The van der Waals surface area contributed by atoms with Crippen LogP contribution in [0.15, 0.2) is 36.7 Å². The molecule has 2 atom stereocenters. The molecule has 1 aromatic carbocycles. The van der Waals surface area contributed by atoms with E-state index in [1.54, 1.807) is 0 Å². The molecule has 0 spiro atoms. The molecule has 2 aromatic rings. The lowest BCUT2D eigenvalue weighted by Gasteiger charge is -2.37. The molecule has 0 bridgehead atoms. The Morgan fingerprint density at radius 3 is 2.83 bits per heavy atom. The largest absolute Gasteiger partial charge is 0.331 e. The van der Waals surface area contributed by atoms with Crippen LogP contribution in [0.2, 0.25) is 0 Å². The molecule has 3 rings (SSSR count). The molecule has 1 fully saturated rings. The summed E-state index contributed by atoms with van der Waals surface area (Å²) in [4.78, 5) is 6.85. The summed E-state index contributed by atoms with van der Waals surface area (Å²) in [5.41, 5.74) is 2.71. The van der Waals surface area contributed by atoms with Gasteiger partial charge in [0.1, 0.15) is 5.82 Å². The fourth-order valence-corrected chi connectivity index (χ4v) is 3.68. The van der Waals surface area contributed by atoms with Gasteiger partial charge in [-0.25, -0.2) is 4.98 Å². The van der Waals surface area contributed by atoms with Crippen molar-refractivity contribution in [3.05, 3.63) is 53.6 Å². The van der Waals surface area contributed by atoms with E-state index in [1.165, 1.54) is 37.2 Å². The third-order valence-corrected chi connectivity index (χ3v) is 5.27. The number of benzene rings is 1. The zero-order valence-electron chi connectivity index (χ0n) is 15.2. The molecule has 2 heterocycles. The van der Waals surface area contributed by atoms with Gasteiger partial charge in [-0.1, -0.05) is 38.1 Å². The highest BCUT2D eigenvalue weighted by molar-refractivity contribution is 5.24. The van der Waals surface area contributed by atoms with Gasteiger partial charge >= 0.3 is 0 Å². The van der Waals surface area contributed by atoms with E-state index in [1.807, 2.05) is 12.4 Å². The maximum atomic E-state index is 4.30. The first-order valence-corrected chi connectivity index (χ1v) is 9.17. The summed E-state index contributed by atoms with van der Waals surface area (Å²) in [6.07, 6.45) is 5.16. The van der Waals surface area contributed by atoms with Gasteiger partial charge in [0.15, 0.2) is 0 Å². The van der Waals surface area contributed by atoms with E-state index in [0.717, 1.165) is 24.8 Å². The van der Waals surface area contributed by atoms with Crippen LogP contribution in [0.1, 0.15) is 37.2 Å². The molecule has 130 valence electrons. The molecule has 0 saturated carbocycles. The quantitative estimate of drug-likeness (QED) is 0.886. The molecule has 1 aliphatic rings. The highest BCUT2D eigenvalue weighted by Gasteiger charge is 2.24. The van der Waals surface area contributed by atoms with Gasteiger partial charge in [0.25, 0.3) is 0 Å². The van der Waals surface area contributed by atoms with Crippen LogP contribution in [-0.4, -0.2) is 40.1 Å². The summed E-state index contributed by atoms with van der Waals surface area (Å²) in [5, 5.41) is 3.78. The summed E-state index contributed by atoms with van der Waals surface area (Å²) in [5.74, 6) is 1.78. The van der Waals surface area contributed by atoms with Crippen LogP contribution in [0, 0.1) is 12.8 Å². The van der Waals surface area contributed by atoms with E-state index in [4.69, 9.17) is 0 Å². The van der Waals surface area contributed by atoms with Gasteiger partial charge in [-0.2, -0.15) is 0 Å².